The fraction of sp³-hybridized carbons (Fsp3) is 0.571. The molecule has 106 valence electrons. The molecule has 1 unspecified atom stereocenters. The highest BCUT2D eigenvalue weighted by molar-refractivity contribution is 5.51. The first kappa shape index (κ1) is 14.1. The minimum atomic E-state index is -0.182. The van der Waals surface area contributed by atoms with Crippen molar-refractivity contribution in [2.75, 3.05) is 33.5 Å². The van der Waals surface area contributed by atoms with Crippen molar-refractivity contribution in [3.63, 3.8) is 0 Å². The van der Waals surface area contributed by atoms with Gasteiger partial charge in [0.2, 0.25) is 0 Å². The molecule has 0 saturated carbocycles. The Kier molecular flexibility index (Phi) is 5.01. The fourth-order valence-electron chi connectivity index (χ4n) is 2.38. The number of aliphatic hydroxyl groups is 1. The Balaban J connectivity index is 2.26. The van der Waals surface area contributed by atoms with Crippen LogP contribution in [0.5, 0.6) is 11.5 Å². The van der Waals surface area contributed by atoms with Crippen LogP contribution in [-0.4, -0.2) is 43.8 Å². The molecule has 1 aromatic carbocycles. The molecule has 2 rings (SSSR count). The van der Waals surface area contributed by atoms with Gasteiger partial charge in [-0.2, -0.15) is 0 Å². The summed E-state index contributed by atoms with van der Waals surface area (Å²) in [6.07, 6.45) is 1.51. The number of ether oxygens (including phenoxy) is 3. The maximum Gasteiger partial charge on any atom is 0.164 e. The molecular weight excluding hydrogens is 248 g/mol. The molecule has 19 heavy (non-hydrogen) atoms. The summed E-state index contributed by atoms with van der Waals surface area (Å²) >= 11 is 0. The summed E-state index contributed by atoms with van der Waals surface area (Å²) in [6.45, 7) is 1.33. The van der Waals surface area contributed by atoms with E-state index in [1.165, 1.54) is 0 Å². The van der Waals surface area contributed by atoms with E-state index in [0.717, 1.165) is 24.0 Å². The van der Waals surface area contributed by atoms with Crippen molar-refractivity contribution < 1.29 is 24.4 Å². The van der Waals surface area contributed by atoms with Gasteiger partial charge in [0, 0.05) is 12.2 Å². The maximum absolute atomic E-state index is 9.83. The Morgan fingerprint density at radius 2 is 2.26 bits per heavy atom. The maximum atomic E-state index is 9.83. The summed E-state index contributed by atoms with van der Waals surface area (Å²) in [5, 5.41) is 18.6. The lowest BCUT2D eigenvalue weighted by Gasteiger charge is -2.19. The SMILES string of the molecule is COc1c(O)ccc2c1CCCOC2COCCO. The predicted molar refractivity (Wildman–Crippen MR) is 69.6 cm³/mol. The van der Waals surface area contributed by atoms with Crippen LogP contribution in [0, 0.1) is 0 Å². The Morgan fingerprint density at radius 1 is 1.42 bits per heavy atom. The number of hydrogen-bond acceptors (Lipinski definition) is 5. The first-order chi connectivity index (χ1) is 9.27. The van der Waals surface area contributed by atoms with Crippen LogP contribution in [-0.2, 0) is 15.9 Å². The van der Waals surface area contributed by atoms with Crippen molar-refractivity contribution in [1.82, 2.24) is 0 Å². The number of phenols is 1. The van der Waals surface area contributed by atoms with E-state index in [1.54, 1.807) is 13.2 Å². The van der Waals surface area contributed by atoms with Crippen molar-refractivity contribution in [2.45, 2.75) is 18.9 Å². The van der Waals surface area contributed by atoms with Crippen LogP contribution in [0.4, 0.5) is 0 Å². The number of aliphatic hydroxyl groups excluding tert-OH is 1. The smallest absolute Gasteiger partial charge is 0.164 e. The van der Waals surface area contributed by atoms with Crippen LogP contribution in [0.3, 0.4) is 0 Å². The van der Waals surface area contributed by atoms with Gasteiger partial charge >= 0.3 is 0 Å². The summed E-state index contributed by atoms with van der Waals surface area (Å²) < 4.78 is 16.4. The van der Waals surface area contributed by atoms with E-state index in [9.17, 15) is 5.11 Å². The van der Waals surface area contributed by atoms with Gasteiger partial charge < -0.3 is 24.4 Å². The van der Waals surface area contributed by atoms with Gasteiger partial charge in [0.1, 0.15) is 6.10 Å². The van der Waals surface area contributed by atoms with Crippen LogP contribution in [0.25, 0.3) is 0 Å². The normalized spacial score (nSPS) is 18.7. The number of aromatic hydroxyl groups is 1. The van der Waals surface area contributed by atoms with Gasteiger partial charge in [-0.25, -0.2) is 0 Å². The number of phenolic OH excluding ortho intramolecular Hbond substituents is 1. The third-order valence-corrected chi connectivity index (χ3v) is 3.22. The van der Waals surface area contributed by atoms with E-state index in [4.69, 9.17) is 19.3 Å². The molecule has 1 atom stereocenters. The molecule has 0 aromatic heterocycles. The van der Waals surface area contributed by atoms with Crippen LogP contribution >= 0.6 is 0 Å². The molecule has 0 radical (unpaired) electrons. The third kappa shape index (κ3) is 3.18. The molecule has 5 heteroatoms. The highest BCUT2D eigenvalue weighted by Crippen LogP contribution is 2.38. The third-order valence-electron chi connectivity index (χ3n) is 3.22. The van der Waals surface area contributed by atoms with Gasteiger partial charge in [0.05, 0.1) is 26.9 Å². The minimum Gasteiger partial charge on any atom is -0.504 e. The molecule has 1 aromatic rings. The lowest BCUT2D eigenvalue weighted by Crippen LogP contribution is -2.14. The Morgan fingerprint density at radius 3 is 3.00 bits per heavy atom. The second-order valence-corrected chi connectivity index (χ2v) is 4.45. The van der Waals surface area contributed by atoms with Crippen molar-refractivity contribution in [2.24, 2.45) is 0 Å². The van der Waals surface area contributed by atoms with E-state index >= 15 is 0 Å². The Labute approximate surface area is 112 Å². The molecular formula is C14H20O5. The minimum absolute atomic E-state index is 0.00151. The molecule has 5 nitrogen and oxygen atoms in total. The van der Waals surface area contributed by atoms with E-state index in [-0.39, 0.29) is 18.5 Å². The van der Waals surface area contributed by atoms with E-state index in [2.05, 4.69) is 0 Å². The molecule has 0 saturated heterocycles. The standard InChI is InChI=1S/C14H20O5/c1-17-14-11-3-2-7-19-13(9-18-8-6-15)10(11)4-5-12(14)16/h4-5,13,15-16H,2-3,6-9H2,1H3. The summed E-state index contributed by atoms with van der Waals surface area (Å²) in [5.74, 6) is 0.674. The Hall–Kier alpha value is -1.30. The number of rotatable bonds is 5. The summed E-state index contributed by atoms with van der Waals surface area (Å²) in [6, 6.07) is 3.47. The topological polar surface area (TPSA) is 68.2 Å². The summed E-state index contributed by atoms with van der Waals surface area (Å²) in [4.78, 5) is 0. The largest absolute Gasteiger partial charge is 0.504 e. The Bertz CT molecular complexity index is 419. The molecule has 1 heterocycles. The molecule has 2 N–H and O–H groups in total. The fourth-order valence-corrected chi connectivity index (χ4v) is 2.38. The van der Waals surface area contributed by atoms with Crippen LogP contribution in [0.1, 0.15) is 23.7 Å². The van der Waals surface area contributed by atoms with Gasteiger partial charge in [-0.15, -0.1) is 0 Å². The van der Waals surface area contributed by atoms with Crippen molar-refractivity contribution in [3.8, 4) is 11.5 Å². The van der Waals surface area contributed by atoms with Gasteiger partial charge in [-0.1, -0.05) is 6.07 Å². The van der Waals surface area contributed by atoms with Gasteiger partial charge in [-0.05, 0) is 24.5 Å². The number of benzene rings is 1. The second-order valence-electron chi connectivity index (χ2n) is 4.45. The van der Waals surface area contributed by atoms with Crippen LogP contribution < -0.4 is 4.74 Å². The molecule has 0 bridgehead atoms. The monoisotopic (exact) mass is 268 g/mol. The average Bonchev–Trinajstić information content (AvgIpc) is 2.62. The second kappa shape index (κ2) is 6.75. The first-order valence-corrected chi connectivity index (χ1v) is 6.47. The molecule has 0 amide bonds. The van der Waals surface area contributed by atoms with E-state index in [1.807, 2.05) is 6.07 Å². The molecule has 0 spiro atoms. The molecule has 1 aliphatic heterocycles. The number of methoxy groups -OCH3 is 1. The van der Waals surface area contributed by atoms with Crippen LogP contribution in [0.15, 0.2) is 12.1 Å². The molecule has 0 aliphatic carbocycles. The van der Waals surface area contributed by atoms with Crippen LogP contribution in [0.2, 0.25) is 0 Å². The molecule has 1 aliphatic rings. The van der Waals surface area contributed by atoms with E-state index in [0.29, 0.717) is 25.6 Å². The van der Waals surface area contributed by atoms with E-state index < -0.39 is 0 Å². The number of fused-ring (bicyclic) bond motifs is 1. The van der Waals surface area contributed by atoms with Gasteiger partial charge in [-0.3, -0.25) is 0 Å². The zero-order chi connectivity index (χ0) is 13.7. The zero-order valence-electron chi connectivity index (χ0n) is 11.1. The van der Waals surface area contributed by atoms with Crippen molar-refractivity contribution >= 4 is 0 Å². The lowest BCUT2D eigenvalue weighted by atomic mass is 9.98. The first-order valence-electron chi connectivity index (χ1n) is 6.47. The zero-order valence-corrected chi connectivity index (χ0v) is 11.1. The summed E-state index contributed by atoms with van der Waals surface area (Å²) in [7, 11) is 1.55. The van der Waals surface area contributed by atoms with Gasteiger partial charge in [0.15, 0.2) is 11.5 Å². The molecule has 0 fully saturated rings. The highest BCUT2D eigenvalue weighted by Gasteiger charge is 2.23. The van der Waals surface area contributed by atoms with Crippen molar-refractivity contribution in [3.05, 3.63) is 23.3 Å². The average molecular weight is 268 g/mol. The predicted octanol–water partition coefficient (Wildman–Crippen LogP) is 1.41. The quantitative estimate of drug-likeness (QED) is 0.790. The summed E-state index contributed by atoms with van der Waals surface area (Å²) in [5.41, 5.74) is 1.97. The highest BCUT2D eigenvalue weighted by atomic mass is 16.5. The lowest BCUT2D eigenvalue weighted by molar-refractivity contribution is -0.0229. The van der Waals surface area contributed by atoms with Gasteiger partial charge in [0.25, 0.3) is 0 Å². The number of hydrogen-bond donors (Lipinski definition) is 2. The van der Waals surface area contributed by atoms with Crippen molar-refractivity contribution in [1.29, 1.82) is 0 Å².